The molecule has 0 fully saturated rings. The van der Waals surface area contributed by atoms with E-state index in [0.29, 0.717) is 12.8 Å². The Morgan fingerprint density at radius 2 is 1.41 bits per heavy atom. The molecule has 1 radical (unpaired) electrons. The summed E-state index contributed by atoms with van der Waals surface area (Å²) in [7, 11) is 0. The number of hydrogen-bond donors (Lipinski definition) is 0. The summed E-state index contributed by atoms with van der Waals surface area (Å²) in [5.74, 6) is 0.889. The molecule has 2 aromatic carbocycles. The number of amidine groups is 1. The second-order valence-corrected chi connectivity index (χ2v) is 5.27. The molecule has 3 nitrogen and oxygen atoms in total. The number of aliphatic imine (C=N–C) groups is 1. The van der Waals surface area contributed by atoms with Crippen LogP contribution in [0.25, 0.3) is 11.4 Å². The molecule has 0 spiro atoms. The Kier molecular flexibility index (Phi) is 4.15. The van der Waals surface area contributed by atoms with Crippen LogP contribution < -0.4 is 5.32 Å². The molecule has 0 N–H and O–H groups in total. The van der Waals surface area contributed by atoms with Gasteiger partial charge < -0.3 is 4.79 Å². The summed E-state index contributed by atoms with van der Waals surface area (Å²) in [4.78, 5) is 15.9. The van der Waals surface area contributed by atoms with Crippen LogP contribution in [0.1, 0.15) is 30.9 Å². The second-order valence-electron chi connectivity index (χ2n) is 5.27. The summed E-state index contributed by atoms with van der Waals surface area (Å²) in [6, 6.07) is 20.1. The highest BCUT2D eigenvalue weighted by Crippen LogP contribution is 2.31. The minimum absolute atomic E-state index is 0.160. The minimum Gasteiger partial charge on any atom is -0.300 e. The van der Waals surface area contributed by atoms with Crippen LogP contribution in [0.5, 0.6) is 0 Å². The number of benzene rings is 2. The first-order valence-electron chi connectivity index (χ1n) is 7.38. The third-order valence-electron chi connectivity index (χ3n) is 3.50. The maximum atomic E-state index is 11.2. The SMILES string of the molecule is CC(=O)CCC1=NC(c2ccccc2)=C(c2ccccc2)[N]1. The summed E-state index contributed by atoms with van der Waals surface area (Å²) in [5, 5.41) is 4.67. The third kappa shape index (κ3) is 3.14. The largest absolute Gasteiger partial charge is 0.300 e. The van der Waals surface area contributed by atoms with Gasteiger partial charge in [0.05, 0.1) is 11.4 Å². The first-order valence-corrected chi connectivity index (χ1v) is 7.38. The molecular formula is C19H17N2O. The minimum atomic E-state index is 0.160. The number of nitrogens with zero attached hydrogens (tertiary/aromatic N) is 2. The van der Waals surface area contributed by atoms with Crippen LogP contribution in [0, 0.1) is 0 Å². The van der Waals surface area contributed by atoms with Crippen molar-refractivity contribution in [2.24, 2.45) is 4.99 Å². The lowest BCUT2D eigenvalue weighted by Gasteiger charge is -2.05. The van der Waals surface area contributed by atoms with Crippen LogP contribution in [-0.2, 0) is 4.79 Å². The maximum Gasteiger partial charge on any atom is 0.130 e. The quantitative estimate of drug-likeness (QED) is 0.823. The van der Waals surface area contributed by atoms with Crippen molar-refractivity contribution in [1.29, 1.82) is 0 Å². The van der Waals surface area contributed by atoms with Gasteiger partial charge >= 0.3 is 0 Å². The van der Waals surface area contributed by atoms with E-state index in [9.17, 15) is 4.79 Å². The highest BCUT2D eigenvalue weighted by molar-refractivity contribution is 6.07. The Morgan fingerprint density at radius 1 is 0.864 bits per heavy atom. The highest BCUT2D eigenvalue weighted by Gasteiger charge is 2.21. The summed E-state index contributed by atoms with van der Waals surface area (Å²) in [5.41, 5.74) is 3.85. The van der Waals surface area contributed by atoms with E-state index in [1.807, 2.05) is 60.7 Å². The second kappa shape index (κ2) is 6.39. The Labute approximate surface area is 130 Å². The van der Waals surface area contributed by atoms with Crippen molar-refractivity contribution < 1.29 is 4.79 Å². The molecule has 0 aromatic heterocycles. The van der Waals surface area contributed by atoms with E-state index in [4.69, 9.17) is 0 Å². The monoisotopic (exact) mass is 289 g/mol. The zero-order valence-corrected chi connectivity index (χ0v) is 12.5. The fourth-order valence-corrected chi connectivity index (χ4v) is 2.38. The van der Waals surface area contributed by atoms with E-state index in [2.05, 4.69) is 10.3 Å². The highest BCUT2D eigenvalue weighted by atomic mass is 16.1. The number of rotatable bonds is 5. The van der Waals surface area contributed by atoms with Gasteiger partial charge in [-0.1, -0.05) is 60.7 Å². The average molecular weight is 289 g/mol. The van der Waals surface area contributed by atoms with E-state index < -0.39 is 0 Å². The van der Waals surface area contributed by atoms with Gasteiger partial charge in [-0.25, -0.2) is 10.3 Å². The van der Waals surface area contributed by atoms with Gasteiger partial charge in [0, 0.05) is 24.0 Å². The zero-order valence-electron chi connectivity index (χ0n) is 12.5. The normalized spacial score (nSPS) is 13.8. The molecular weight excluding hydrogens is 272 g/mol. The van der Waals surface area contributed by atoms with E-state index in [0.717, 1.165) is 28.4 Å². The number of Topliss-reactive ketones (excluding diaryl/α,β-unsaturated/α-hetero) is 1. The van der Waals surface area contributed by atoms with Crippen LogP contribution in [-0.4, -0.2) is 11.6 Å². The van der Waals surface area contributed by atoms with Crippen molar-refractivity contribution in [2.45, 2.75) is 19.8 Å². The molecule has 1 heterocycles. The maximum absolute atomic E-state index is 11.2. The van der Waals surface area contributed by atoms with Crippen LogP contribution in [0.3, 0.4) is 0 Å². The molecule has 1 aliphatic rings. The molecule has 0 saturated heterocycles. The summed E-state index contributed by atoms with van der Waals surface area (Å²) >= 11 is 0. The Bertz CT molecular complexity index is 731. The number of carbonyl (C=O) groups is 1. The van der Waals surface area contributed by atoms with Crippen LogP contribution >= 0.6 is 0 Å². The first-order chi connectivity index (χ1) is 10.7. The average Bonchev–Trinajstić information content (AvgIpc) is 2.99. The molecule has 3 rings (SSSR count). The molecule has 3 heteroatoms. The molecule has 1 aliphatic heterocycles. The summed E-state index contributed by atoms with van der Waals surface area (Å²) in [6.45, 7) is 1.60. The number of ketones is 1. The molecule has 0 atom stereocenters. The van der Waals surface area contributed by atoms with Crippen LogP contribution in [0.4, 0.5) is 0 Å². The number of carbonyl (C=O) groups excluding carboxylic acids is 1. The van der Waals surface area contributed by atoms with Gasteiger partial charge in [-0.05, 0) is 6.92 Å². The van der Waals surface area contributed by atoms with Crippen LogP contribution in [0.2, 0.25) is 0 Å². The predicted molar refractivity (Wildman–Crippen MR) is 89.2 cm³/mol. The van der Waals surface area contributed by atoms with Gasteiger partial charge in [-0.2, -0.15) is 0 Å². The van der Waals surface area contributed by atoms with Crippen molar-refractivity contribution in [1.82, 2.24) is 5.32 Å². The van der Waals surface area contributed by atoms with Gasteiger partial charge in [-0.3, -0.25) is 0 Å². The van der Waals surface area contributed by atoms with Crippen LogP contribution in [0.15, 0.2) is 65.7 Å². The van der Waals surface area contributed by atoms with Crippen molar-refractivity contribution in [3.05, 3.63) is 71.8 Å². The first kappa shape index (κ1) is 14.3. The Morgan fingerprint density at radius 3 is 1.95 bits per heavy atom. The molecule has 0 saturated carbocycles. The molecule has 22 heavy (non-hydrogen) atoms. The zero-order chi connectivity index (χ0) is 15.4. The van der Waals surface area contributed by atoms with Gasteiger partial charge in [0.2, 0.25) is 0 Å². The predicted octanol–water partition coefficient (Wildman–Crippen LogP) is 3.90. The van der Waals surface area contributed by atoms with E-state index >= 15 is 0 Å². The standard InChI is InChI=1S/C19H17N2O/c1-14(22)12-13-17-20-18(15-8-4-2-5-9-15)19(21-17)16-10-6-3-7-11-16/h2-11H,12-13H2,1H3. The molecule has 0 aliphatic carbocycles. The molecule has 2 aromatic rings. The fourth-order valence-electron chi connectivity index (χ4n) is 2.38. The van der Waals surface area contributed by atoms with E-state index in [1.54, 1.807) is 6.92 Å². The van der Waals surface area contributed by atoms with E-state index in [1.165, 1.54) is 0 Å². The van der Waals surface area contributed by atoms with E-state index in [-0.39, 0.29) is 5.78 Å². The van der Waals surface area contributed by atoms with Gasteiger partial charge in [-0.15, -0.1) is 0 Å². The van der Waals surface area contributed by atoms with Crippen molar-refractivity contribution >= 4 is 23.0 Å². The molecule has 0 unspecified atom stereocenters. The Balaban J connectivity index is 1.96. The summed E-state index contributed by atoms with van der Waals surface area (Å²) in [6.07, 6.45) is 1.06. The number of hydrogen-bond acceptors (Lipinski definition) is 2. The lowest BCUT2D eigenvalue weighted by Crippen LogP contribution is -2.11. The van der Waals surface area contributed by atoms with Crippen molar-refractivity contribution in [2.75, 3.05) is 0 Å². The molecule has 109 valence electrons. The fraction of sp³-hybridized carbons (Fsp3) is 0.158. The lowest BCUT2D eigenvalue weighted by molar-refractivity contribution is -0.116. The van der Waals surface area contributed by atoms with Gasteiger partial charge in [0.1, 0.15) is 11.6 Å². The van der Waals surface area contributed by atoms with Crippen molar-refractivity contribution in [3.63, 3.8) is 0 Å². The Hall–Kier alpha value is -2.68. The topological polar surface area (TPSA) is 43.5 Å². The van der Waals surface area contributed by atoms with Gasteiger partial charge in [0.25, 0.3) is 0 Å². The molecule has 0 bridgehead atoms. The van der Waals surface area contributed by atoms with Crippen molar-refractivity contribution in [3.8, 4) is 0 Å². The molecule has 0 amide bonds. The summed E-state index contributed by atoms with van der Waals surface area (Å²) < 4.78 is 0. The lowest BCUT2D eigenvalue weighted by atomic mass is 10.1. The smallest absolute Gasteiger partial charge is 0.130 e. The van der Waals surface area contributed by atoms with Gasteiger partial charge in [0.15, 0.2) is 0 Å². The third-order valence-corrected chi connectivity index (χ3v) is 3.50.